The van der Waals surface area contributed by atoms with Crippen molar-refractivity contribution in [3.05, 3.63) is 28.8 Å². The Bertz CT molecular complexity index is 315. The molecule has 0 atom stereocenters. The first kappa shape index (κ1) is 13.3. The van der Waals surface area contributed by atoms with Gasteiger partial charge in [-0.25, -0.2) is 0 Å². The van der Waals surface area contributed by atoms with Crippen molar-refractivity contribution in [1.82, 2.24) is 0 Å². The Hall–Kier alpha value is -0.730. The summed E-state index contributed by atoms with van der Waals surface area (Å²) in [5.41, 5.74) is 2.15. The fraction of sp³-hybridized carbons (Fsp3) is 0.538. The summed E-state index contributed by atoms with van der Waals surface area (Å²) in [6, 6.07) is 6.00. The number of unbranched alkanes of at least 4 members (excludes halogenated alkanes) is 1. The van der Waals surface area contributed by atoms with E-state index in [1.54, 1.807) is 0 Å². The van der Waals surface area contributed by atoms with Crippen molar-refractivity contribution in [1.29, 1.82) is 0 Å². The van der Waals surface area contributed by atoms with Crippen LogP contribution < -0.4 is 5.32 Å². The molecule has 0 saturated carbocycles. The molecule has 3 heteroatoms. The van der Waals surface area contributed by atoms with Gasteiger partial charge in [-0.3, -0.25) is 0 Å². The third kappa shape index (κ3) is 4.86. The number of rotatable bonds is 7. The predicted octanol–water partition coefficient (Wildman–Crippen LogP) is 3.88. The van der Waals surface area contributed by atoms with Crippen LogP contribution in [-0.4, -0.2) is 19.8 Å². The number of halogens is 1. The highest BCUT2D eigenvalue weighted by molar-refractivity contribution is 6.31. The van der Waals surface area contributed by atoms with Crippen LogP contribution in [0, 0.1) is 6.92 Å². The van der Waals surface area contributed by atoms with E-state index in [2.05, 4.69) is 12.2 Å². The van der Waals surface area contributed by atoms with Crippen LogP contribution >= 0.6 is 11.6 Å². The van der Waals surface area contributed by atoms with Gasteiger partial charge in [-0.2, -0.15) is 0 Å². The lowest BCUT2D eigenvalue weighted by molar-refractivity contribution is 0.141. The Kier molecular flexibility index (Phi) is 6.27. The van der Waals surface area contributed by atoms with E-state index in [-0.39, 0.29) is 0 Å². The Morgan fingerprint density at radius 1 is 1.31 bits per heavy atom. The van der Waals surface area contributed by atoms with Crippen molar-refractivity contribution in [2.75, 3.05) is 25.1 Å². The molecule has 0 spiro atoms. The largest absolute Gasteiger partial charge is 0.383 e. The van der Waals surface area contributed by atoms with E-state index in [4.69, 9.17) is 16.3 Å². The summed E-state index contributed by atoms with van der Waals surface area (Å²) in [4.78, 5) is 0. The number of benzene rings is 1. The Balaban J connectivity index is 2.19. The van der Waals surface area contributed by atoms with Gasteiger partial charge in [0.05, 0.1) is 6.61 Å². The number of ether oxygens (including phenoxy) is 1. The van der Waals surface area contributed by atoms with Gasteiger partial charge in [-0.15, -0.1) is 0 Å². The molecule has 0 aliphatic rings. The van der Waals surface area contributed by atoms with Gasteiger partial charge in [0.25, 0.3) is 0 Å². The third-order valence-electron chi connectivity index (χ3n) is 2.39. The highest BCUT2D eigenvalue weighted by atomic mass is 35.5. The molecule has 90 valence electrons. The smallest absolute Gasteiger partial charge is 0.0639 e. The summed E-state index contributed by atoms with van der Waals surface area (Å²) in [7, 11) is 0. The number of nitrogens with one attached hydrogen (secondary N) is 1. The average Bonchev–Trinajstić information content (AvgIpc) is 2.28. The second kappa shape index (κ2) is 7.53. The number of hydrogen-bond donors (Lipinski definition) is 1. The van der Waals surface area contributed by atoms with Gasteiger partial charge in [-0.1, -0.05) is 31.0 Å². The van der Waals surface area contributed by atoms with Gasteiger partial charge in [0.1, 0.15) is 0 Å². The molecule has 0 saturated heterocycles. The minimum absolute atomic E-state index is 0.742. The maximum Gasteiger partial charge on any atom is 0.0639 e. The van der Waals surface area contributed by atoms with Gasteiger partial charge in [-0.05, 0) is 31.0 Å². The van der Waals surface area contributed by atoms with E-state index >= 15 is 0 Å². The first-order chi connectivity index (χ1) is 7.74. The zero-order valence-corrected chi connectivity index (χ0v) is 10.8. The summed E-state index contributed by atoms with van der Waals surface area (Å²) < 4.78 is 5.45. The van der Waals surface area contributed by atoms with Crippen molar-refractivity contribution in [3.8, 4) is 0 Å². The van der Waals surface area contributed by atoms with Gasteiger partial charge >= 0.3 is 0 Å². The van der Waals surface area contributed by atoms with Gasteiger partial charge in [0.15, 0.2) is 0 Å². The fourth-order valence-electron chi connectivity index (χ4n) is 1.32. The molecule has 0 heterocycles. The summed E-state index contributed by atoms with van der Waals surface area (Å²) in [5.74, 6) is 0. The quantitative estimate of drug-likeness (QED) is 0.732. The minimum atomic E-state index is 0.742. The van der Waals surface area contributed by atoms with Crippen LogP contribution in [0.15, 0.2) is 18.2 Å². The normalized spacial score (nSPS) is 10.4. The molecule has 0 amide bonds. The monoisotopic (exact) mass is 241 g/mol. The number of anilines is 1. The molecule has 0 unspecified atom stereocenters. The first-order valence-electron chi connectivity index (χ1n) is 5.82. The van der Waals surface area contributed by atoms with Crippen molar-refractivity contribution in [2.24, 2.45) is 0 Å². The van der Waals surface area contributed by atoms with Crippen molar-refractivity contribution < 1.29 is 4.74 Å². The molecule has 2 nitrogen and oxygen atoms in total. The average molecular weight is 242 g/mol. The van der Waals surface area contributed by atoms with Gasteiger partial charge < -0.3 is 10.1 Å². The van der Waals surface area contributed by atoms with Crippen molar-refractivity contribution in [3.63, 3.8) is 0 Å². The van der Waals surface area contributed by atoms with Crippen molar-refractivity contribution in [2.45, 2.75) is 26.7 Å². The Morgan fingerprint density at radius 2 is 2.12 bits per heavy atom. The molecular weight excluding hydrogens is 222 g/mol. The molecule has 0 bridgehead atoms. The minimum Gasteiger partial charge on any atom is -0.383 e. The summed E-state index contributed by atoms with van der Waals surface area (Å²) >= 11 is 6.02. The van der Waals surface area contributed by atoms with E-state index in [0.717, 1.165) is 42.5 Å². The lowest BCUT2D eigenvalue weighted by Crippen LogP contribution is -2.09. The molecule has 0 aliphatic heterocycles. The fourth-order valence-corrected chi connectivity index (χ4v) is 1.50. The molecule has 0 radical (unpaired) electrons. The van der Waals surface area contributed by atoms with Crippen LogP contribution in [0.25, 0.3) is 0 Å². The maximum atomic E-state index is 6.02. The second-order valence-corrected chi connectivity index (χ2v) is 4.26. The van der Waals surface area contributed by atoms with E-state index < -0.39 is 0 Å². The van der Waals surface area contributed by atoms with E-state index in [9.17, 15) is 0 Å². The zero-order valence-electron chi connectivity index (χ0n) is 10.1. The van der Waals surface area contributed by atoms with Gasteiger partial charge in [0, 0.05) is 23.9 Å². The molecule has 16 heavy (non-hydrogen) atoms. The maximum absolute atomic E-state index is 6.02. The van der Waals surface area contributed by atoms with E-state index in [1.807, 2.05) is 25.1 Å². The highest BCUT2D eigenvalue weighted by Gasteiger charge is 1.96. The lowest BCUT2D eigenvalue weighted by Gasteiger charge is -2.08. The van der Waals surface area contributed by atoms with Gasteiger partial charge in [0.2, 0.25) is 0 Å². The summed E-state index contributed by atoms with van der Waals surface area (Å²) in [6.45, 7) is 6.58. The standard InChI is InChI=1S/C13H20ClNO/c1-3-4-8-16-9-7-15-12-6-5-11(2)13(14)10-12/h5-6,10,15H,3-4,7-9H2,1-2H3. The summed E-state index contributed by atoms with van der Waals surface area (Å²) in [6.07, 6.45) is 2.32. The Morgan fingerprint density at radius 3 is 2.81 bits per heavy atom. The Labute approximate surface area is 103 Å². The molecule has 1 aromatic carbocycles. The predicted molar refractivity (Wildman–Crippen MR) is 70.4 cm³/mol. The van der Waals surface area contributed by atoms with Crippen LogP contribution in [0.1, 0.15) is 25.3 Å². The molecule has 0 aromatic heterocycles. The highest BCUT2D eigenvalue weighted by Crippen LogP contribution is 2.19. The summed E-state index contributed by atoms with van der Waals surface area (Å²) in [5, 5.41) is 4.08. The third-order valence-corrected chi connectivity index (χ3v) is 2.80. The van der Waals surface area contributed by atoms with Crippen LogP contribution in [0.4, 0.5) is 5.69 Å². The van der Waals surface area contributed by atoms with Crippen LogP contribution in [-0.2, 0) is 4.74 Å². The molecule has 1 rings (SSSR count). The molecule has 1 N–H and O–H groups in total. The molecular formula is C13H20ClNO. The lowest BCUT2D eigenvalue weighted by atomic mass is 10.2. The first-order valence-corrected chi connectivity index (χ1v) is 6.19. The van der Waals surface area contributed by atoms with E-state index in [1.165, 1.54) is 6.42 Å². The van der Waals surface area contributed by atoms with Crippen LogP contribution in [0.3, 0.4) is 0 Å². The second-order valence-electron chi connectivity index (χ2n) is 3.86. The van der Waals surface area contributed by atoms with Crippen LogP contribution in [0.5, 0.6) is 0 Å². The topological polar surface area (TPSA) is 21.3 Å². The molecule has 0 fully saturated rings. The molecule has 1 aromatic rings. The number of hydrogen-bond acceptors (Lipinski definition) is 2. The van der Waals surface area contributed by atoms with Crippen molar-refractivity contribution >= 4 is 17.3 Å². The molecule has 0 aliphatic carbocycles. The zero-order chi connectivity index (χ0) is 11.8. The van der Waals surface area contributed by atoms with E-state index in [0.29, 0.717) is 0 Å². The SMILES string of the molecule is CCCCOCCNc1ccc(C)c(Cl)c1. The van der Waals surface area contributed by atoms with Crippen LogP contribution in [0.2, 0.25) is 5.02 Å². The number of aryl methyl sites for hydroxylation is 1.